The van der Waals surface area contributed by atoms with Crippen molar-refractivity contribution in [2.75, 3.05) is 18.7 Å². The maximum atomic E-state index is 13.1. The van der Waals surface area contributed by atoms with Gasteiger partial charge in [0.1, 0.15) is 5.82 Å². The number of amides is 1. The van der Waals surface area contributed by atoms with Gasteiger partial charge in [0.05, 0.1) is 17.8 Å². The van der Waals surface area contributed by atoms with E-state index < -0.39 is 6.09 Å². The van der Waals surface area contributed by atoms with Crippen LogP contribution in [0.4, 0.5) is 10.6 Å². The summed E-state index contributed by atoms with van der Waals surface area (Å²) in [7, 11) is 0. The Hall–Kier alpha value is -3.75. The molecule has 1 aliphatic heterocycles. The number of rotatable bonds is 5. The van der Waals surface area contributed by atoms with E-state index in [1.54, 1.807) is 47.9 Å². The van der Waals surface area contributed by atoms with Crippen LogP contribution in [0.5, 0.6) is 11.5 Å². The van der Waals surface area contributed by atoms with Gasteiger partial charge in [-0.05, 0) is 31.2 Å². The Labute approximate surface area is 159 Å². The van der Waals surface area contributed by atoms with Crippen LogP contribution in [0.15, 0.2) is 47.8 Å². The predicted molar refractivity (Wildman–Crippen MR) is 102 cm³/mol. The van der Waals surface area contributed by atoms with Gasteiger partial charge in [-0.2, -0.15) is 0 Å². The fourth-order valence-electron chi connectivity index (χ4n) is 3.03. The van der Waals surface area contributed by atoms with Gasteiger partial charge in [-0.1, -0.05) is 6.08 Å². The molecule has 3 heterocycles. The summed E-state index contributed by atoms with van der Waals surface area (Å²) in [5, 5.41) is 2.55. The summed E-state index contributed by atoms with van der Waals surface area (Å²) in [4.78, 5) is 29.2. The van der Waals surface area contributed by atoms with Crippen LogP contribution < -0.4 is 20.5 Å². The van der Waals surface area contributed by atoms with Gasteiger partial charge >= 0.3 is 11.8 Å². The van der Waals surface area contributed by atoms with Gasteiger partial charge in [0.15, 0.2) is 17.1 Å². The van der Waals surface area contributed by atoms with E-state index in [-0.39, 0.29) is 24.9 Å². The molecule has 0 aliphatic carbocycles. The molecule has 0 radical (unpaired) electrons. The largest absolute Gasteiger partial charge is 0.454 e. The van der Waals surface area contributed by atoms with E-state index in [2.05, 4.69) is 16.9 Å². The Balaban J connectivity index is 1.88. The second-order valence-corrected chi connectivity index (χ2v) is 5.94. The van der Waals surface area contributed by atoms with E-state index in [9.17, 15) is 9.59 Å². The first-order chi connectivity index (χ1) is 13.6. The number of pyridine rings is 1. The molecule has 0 atom stereocenters. The number of ether oxygens (including phenoxy) is 3. The van der Waals surface area contributed by atoms with Crippen molar-refractivity contribution in [2.24, 2.45) is 0 Å². The lowest BCUT2D eigenvalue weighted by molar-refractivity contribution is 0.168. The molecule has 144 valence electrons. The zero-order chi connectivity index (χ0) is 19.7. The first-order valence-electron chi connectivity index (χ1n) is 8.69. The van der Waals surface area contributed by atoms with Crippen molar-refractivity contribution in [2.45, 2.75) is 13.5 Å². The van der Waals surface area contributed by atoms with Crippen LogP contribution in [0.3, 0.4) is 0 Å². The smallest absolute Gasteiger partial charge is 0.412 e. The number of allylic oxidation sites excluding steroid dienone is 1. The second-order valence-electron chi connectivity index (χ2n) is 5.94. The number of carbonyl (C=O) groups excluding carboxylic acids is 1. The lowest BCUT2D eigenvalue weighted by atomic mass is 10.2. The van der Waals surface area contributed by atoms with Crippen molar-refractivity contribution in [3.63, 3.8) is 0 Å². The highest BCUT2D eigenvalue weighted by Gasteiger charge is 2.20. The molecule has 0 fully saturated rings. The van der Waals surface area contributed by atoms with Gasteiger partial charge in [0.25, 0.3) is 0 Å². The van der Waals surface area contributed by atoms with E-state index >= 15 is 0 Å². The number of aromatic nitrogens is 3. The van der Waals surface area contributed by atoms with Gasteiger partial charge in [0.2, 0.25) is 6.79 Å². The Morgan fingerprint density at radius 1 is 1.32 bits per heavy atom. The van der Waals surface area contributed by atoms with Crippen LogP contribution in [0, 0.1) is 0 Å². The topological polar surface area (TPSA) is 96.6 Å². The SMILES string of the molecule is C=CCn1c(=O)n(-c2ccc3c(c2)OCO3)c2nc(NC(=O)OCC)ccc21. The van der Waals surface area contributed by atoms with Crippen LogP contribution in [0.2, 0.25) is 0 Å². The van der Waals surface area contributed by atoms with Gasteiger partial charge in [0, 0.05) is 12.6 Å². The number of carbonyl (C=O) groups is 1. The molecule has 2 aromatic heterocycles. The molecule has 4 rings (SSSR count). The van der Waals surface area contributed by atoms with Crippen molar-refractivity contribution < 1.29 is 19.0 Å². The molecule has 0 unspecified atom stereocenters. The summed E-state index contributed by atoms with van der Waals surface area (Å²) in [5.74, 6) is 1.44. The van der Waals surface area contributed by atoms with E-state index in [1.165, 1.54) is 4.57 Å². The number of hydrogen-bond acceptors (Lipinski definition) is 6. The average molecular weight is 382 g/mol. The van der Waals surface area contributed by atoms with Crippen molar-refractivity contribution in [3.8, 4) is 17.2 Å². The molecule has 9 nitrogen and oxygen atoms in total. The summed E-state index contributed by atoms with van der Waals surface area (Å²) in [6.45, 7) is 6.12. The number of fused-ring (bicyclic) bond motifs is 2. The molecular weight excluding hydrogens is 364 g/mol. The maximum Gasteiger partial charge on any atom is 0.412 e. The minimum atomic E-state index is -0.614. The minimum absolute atomic E-state index is 0.137. The fourth-order valence-corrected chi connectivity index (χ4v) is 3.03. The number of imidazole rings is 1. The molecular formula is C19H18N4O5. The molecule has 0 saturated carbocycles. The van der Waals surface area contributed by atoms with Gasteiger partial charge in [-0.3, -0.25) is 9.88 Å². The van der Waals surface area contributed by atoms with Crippen LogP contribution in [-0.4, -0.2) is 33.6 Å². The van der Waals surface area contributed by atoms with Crippen molar-refractivity contribution in [3.05, 3.63) is 53.5 Å². The van der Waals surface area contributed by atoms with Gasteiger partial charge < -0.3 is 14.2 Å². The third kappa shape index (κ3) is 2.96. The molecule has 28 heavy (non-hydrogen) atoms. The highest BCUT2D eigenvalue weighted by Crippen LogP contribution is 2.34. The number of hydrogen-bond donors (Lipinski definition) is 1. The maximum absolute atomic E-state index is 13.1. The van der Waals surface area contributed by atoms with Crippen molar-refractivity contribution >= 4 is 23.1 Å². The van der Waals surface area contributed by atoms with Crippen LogP contribution in [-0.2, 0) is 11.3 Å². The minimum Gasteiger partial charge on any atom is -0.454 e. The van der Waals surface area contributed by atoms with E-state index in [4.69, 9.17) is 14.2 Å². The van der Waals surface area contributed by atoms with E-state index in [1.807, 2.05) is 0 Å². The summed E-state index contributed by atoms with van der Waals surface area (Å²) in [6.07, 6.45) is 1.02. The summed E-state index contributed by atoms with van der Waals surface area (Å²) < 4.78 is 18.6. The Bertz CT molecular complexity index is 1130. The molecule has 1 N–H and O–H groups in total. The lowest BCUT2D eigenvalue weighted by Gasteiger charge is -2.07. The Morgan fingerprint density at radius 2 is 2.14 bits per heavy atom. The summed E-state index contributed by atoms with van der Waals surface area (Å²) in [6, 6.07) is 8.54. The summed E-state index contributed by atoms with van der Waals surface area (Å²) >= 11 is 0. The van der Waals surface area contributed by atoms with Gasteiger partial charge in [-0.25, -0.2) is 19.1 Å². The molecule has 1 aromatic carbocycles. The van der Waals surface area contributed by atoms with Crippen LogP contribution in [0.25, 0.3) is 16.9 Å². The Morgan fingerprint density at radius 3 is 2.93 bits per heavy atom. The number of nitrogens with one attached hydrogen (secondary N) is 1. The number of anilines is 1. The van der Waals surface area contributed by atoms with Crippen molar-refractivity contribution in [1.82, 2.24) is 14.1 Å². The molecule has 1 aliphatic rings. The normalized spacial score (nSPS) is 12.2. The van der Waals surface area contributed by atoms with Crippen molar-refractivity contribution in [1.29, 1.82) is 0 Å². The first kappa shape index (κ1) is 17.7. The molecule has 1 amide bonds. The molecule has 0 bridgehead atoms. The second kappa shape index (κ2) is 7.10. The quantitative estimate of drug-likeness (QED) is 0.682. The number of benzene rings is 1. The standard InChI is InChI=1S/C19H18N4O5/c1-3-9-22-13-6-8-16(21-18(24)26-4-2)20-17(13)23(19(22)25)12-5-7-14-15(10-12)28-11-27-14/h3,5-8,10H,1,4,9,11H2,2H3,(H,20,21,24). The molecule has 0 saturated heterocycles. The zero-order valence-corrected chi connectivity index (χ0v) is 15.2. The third-order valence-corrected chi connectivity index (χ3v) is 4.21. The lowest BCUT2D eigenvalue weighted by Crippen LogP contribution is -2.22. The van der Waals surface area contributed by atoms with Gasteiger partial charge in [-0.15, -0.1) is 6.58 Å². The monoisotopic (exact) mass is 382 g/mol. The first-order valence-corrected chi connectivity index (χ1v) is 8.69. The number of nitrogens with zero attached hydrogens (tertiary/aromatic N) is 3. The summed E-state index contributed by atoms with van der Waals surface area (Å²) in [5.41, 5.74) is 1.29. The molecule has 0 spiro atoms. The predicted octanol–water partition coefficient (Wildman–Crippen LogP) is 2.67. The zero-order valence-electron chi connectivity index (χ0n) is 15.2. The highest BCUT2D eigenvalue weighted by molar-refractivity contribution is 5.85. The molecule has 3 aromatic rings. The van der Waals surface area contributed by atoms with Crippen LogP contribution in [0.1, 0.15) is 6.92 Å². The third-order valence-electron chi connectivity index (χ3n) is 4.21. The van der Waals surface area contributed by atoms with E-state index in [0.29, 0.717) is 34.9 Å². The van der Waals surface area contributed by atoms with E-state index in [0.717, 1.165) is 0 Å². The molecule has 9 heteroatoms. The van der Waals surface area contributed by atoms with Crippen LogP contribution >= 0.6 is 0 Å². The fraction of sp³-hybridized carbons (Fsp3) is 0.211. The Kier molecular flexibility index (Phi) is 4.48. The highest BCUT2D eigenvalue weighted by atomic mass is 16.7. The average Bonchev–Trinajstić information content (AvgIpc) is 3.24.